The van der Waals surface area contributed by atoms with Crippen molar-refractivity contribution in [2.24, 2.45) is 0 Å². The summed E-state index contributed by atoms with van der Waals surface area (Å²) in [6.45, 7) is 1.47. The van der Waals surface area contributed by atoms with Gasteiger partial charge in [0.05, 0.1) is 26.1 Å². The topological polar surface area (TPSA) is 71.6 Å². The van der Waals surface area contributed by atoms with Gasteiger partial charge in [-0.2, -0.15) is 0 Å². The number of hydrogen-bond donors (Lipinski definition) is 1. The van der Waals surface area contributed by atoms with Crippen LogP contribution in [0.15, 0.2) is 24.4 Å². The summed E-state index contributed by atoms with van der Waals surface area (Å²) in [4.78, 5) is 29.0. The molecule has 1 unspecified atom stereocenters. The molecule has 1 aliphatic heterocycles. The number of benzene rings is 1. The van der Waals surface area contributed by atoms with Gasteiger partial charge in [0.25, 0.3) is 0 Å². The zero-order chi connectivity index (χ0) is 18.5. The standard InChI is InChI=1S/C19H23FN2O4/c1-25-19(24)6-7-22(12-15-3-2-8-26-15)18(23)9-13-11-21-17-10-14(20)4-5-16(13)17/h4-5,10-11,15,21H,2-3,6-9,12H2,1H3. The zero-order valence-electron chi connectivity index (χ0n) is 14.8. The first-order chi connectivity index (χ1) is 12.6. The highest BCUT2D eigenvalue weighted by Gasteiger charge is 2.24. The normalized spacial score (nSPS) is 16.8. The minimum Gasteiger partial charge on any atom is -0.469 e. The lowest BCUT2D eigenvalue weighted by Crippen LogP contribution is -2.39. The van der Waals surface area contributed by atoms with Crippen molar-refractivity contribution in [3.63, 3.8) is 0 Å². The van der Waals surface area contributed by atoms with Gasteiger partial charge in [0.2, 0.25) is 5.91 Å². The second kappa shape index (κ2) is 8.31. The lowest BCUT2D eigenvalue weighted by molar-refractivity contribution is -0.142. The second-order valence-corrected chi connectivity index (χ2v) is 6.48. The van der Waals surface area contributed by atoms with Crippen molar-refractivity contribution in [1.29, 1.82) is 0 Å². The maximum absolute atomic E-state index is 13.3. The number of H-pyrrole nitrogens is 1. The number of nitrogens with one attached hydrogen (secondary N) is 1. The van der Waals surface area contributed by atoms with Crippen molar-refractivity contribution in [2.45, 2.75) is 31.8 Å². The van der Waals surface area contributed by atoms with E-state index in [1.54, 1.807) is 17.2 Å². The largest absolute Gasteiger partial charge is 0.469 e. The number of methoxy groups -OCH3 is 1. The van der Waals surface area contributed by atoms with E-state index >= 15 is 0 Å². The molecule has 1 atom stereocenters. The Morgan fingerprint density at radius 3 is 3.00 bits per heavy atom. The van der Waals surface area contributed by atoms with Crippen LogP contribution in [-0.4, -0.2) is 54.7 Å². The van der Waals surface area contributed by atoms with E-state index in [1.165, 1.54) is 19.2 Å². The first-order valence-electron chi connectivity index (χ1n) is 8.78. The quantitative estimate of drug-likeness (QED) is 0.768. The molecule has 1 aliphatic rings. The molecule has 0 saturated carbocycles. The maximum atomic E-state index is 13.3. The third kappa shape index (κ3) is 4.40. The summed E-state index contributed by atoms with van der Waals surface area (Å²) in [6.07, 6.45) is 3.96. The number of aromatic nitrogens is 1. The van der Waals surface area contributed by atoms with Gasteiger partial charge >= 0.3 is 5.97 Å². The van der Waals surface area contributed by atoms with Crippen LogP contribution in [0, 0.1) is 5.82 Å². The SMILES string of the molecule is COC(=O)CCN(CC1CCCO1)C(=O)Cc1c[nH]c2cc(F)ccc12. The molecule has 1 N–H and O–H groups in total. The van der Waals surface area contributed by atoms with E-state index in [-0.39, 0.29) is 36.6 Å². The molecule has 0 bridgehead atoms. The van der Waals surface area contributed by atoms with Crippen LogP contribution in [0.2, 0.25) is 0 Å². The molecule has 1 fully saturated rings. The summed E-state index contributed by atoms with van der Waals surface area (Å²) in [5.74, 6) is -0.761. The Bertz CT molecular complexity index is 783. The minimum absolute atomic E-state index is 0.00802. The molecule has 6 nitrogen and oxygen atoms in total. The predicted molar refractivity (Wildman–Crippen MR) is 94.1 cm³/mol. The fourth-order valence-electron chi connectivity index (χ4n) is 3.26. The Balaban J connectivity index is 1.71. The van der Waals surface area contributed by atoms with Crippen molar-refractivity contribution < 1.29 is 23.5 Å². The van der Waals surface area contributed by atoms with Gasteiger partial charge in [-0.1, -0.05) is 0 Å². The number of nitrogens with zero attached hydrogens (tertiary/aromatic N) is 1. The molecule has 2 heterocycles. The van der Waals surface area contributed by atoms with Crippen molar-refractivity contribution in [1.82, 2.24) is 9.88 Å². The molecule has 1 amide bonds. The molecule has 2 aromatic rings. The van der Waals surface area contributed by atoms with Gasteiger partial charge in [0, 0.05) is 36.8 Å². The first kappa shape index (κ1) is 18.4. The van der Waals surface area contributed by atoms with Crippen LogP contribution in [0.1, 0.15) is 24.8 Å². The van der Waals surface area contributed by atoms with E-state index in [4.69, 9.17) is 4.74 Å². The predicted octanol–water partition coefficient (Wildman–Crippen LogP) is 2.42. The Labute approximate surface area is 151 Å². The molecule has 1 aromatic carbocycles. The number of aromatic amines is 1. The lowest BCUT2D eigenvalue weighted by Gasteiger charge is -2.25. The molecule has 1 aromatic heterocycles. The molecule has 0 aliphatic carbocycles. The number of halogens is 1. The van der Waals surface area contributed by atoms with Crippen molar-refractivity contribution >= 4 is 22.8 Å². The fraction of sp³-hybridized carbons (Fsp3) is 0.474. The first-order valence-corrected chi connectivity index (χ1v) is 8.78. The van der Waals surface area contributed by atoms with E-state index in [0.717, 1.165) is 23.8 Å². The van der Waals surface area contributed by atoms with E-state index in [9.17, 15) is 14.0 Å². The number of fused-ring (bicyclic) bond motifs is 1. The molecular formula is C19H23FN2O4. The Morgan fingerprint density at radius 1 is 1.42 bits per heavy atom. The molecular weight excluding hydrogens is 339 g/mol. The van der Waals surface area contributed by atoms with Crippen molar-refractivity contribution in [2.75, 3.05) is 26.8 Å². The van der Waals surface area contributed by atoms with Gasteiger partial charge in [0.15, 0.2) is 0 Å². The van der Waals surface area contributed by atoms with Crippen LogP contribution >= 0.6 is 0 Å². The fourth-order valence-corrected chi connectivity index (χ4v) is 3.26. The highest BCUT2D eigenvalue weighted by Crippen LogP contribution is 2.21. The highest BCUT2D eigenvalue weighted by atomic mass is 19.1. The number of ether oxygens (including phenoxy) is 2. The Hall–Kier alpha value is -2.41. The monoisotopic (exact) mass is 362 g/mol. The summed E-state index contributed by atoms with van der Waals surface area (Å²) in [6, 6.07) is 4.46. The Kier molecular flexibility index (Phi) is 5.88. The summed E-state index contributed by atoms with van der Waals surface area (Å²) < 4.78 is 23.6. The number of carbonyl (C=O) groups is 2. The van der Waals surface area contributed by atoms with Gasteiger partial charge < -0.3 is 19.4 Å². The molecule has 3 rings (SSSR count). The minimum atomic E-state index is -0.349. The smallest absolute Gasteiger partial charge is 0.307 e. The Morgan fingerprint density at radius 2 is 2.27 bits per heavy atom. The number of amides is 1. The van der Waals surface area contributed by atoms with Crippen molar-refractivity contribution in [3.05, 3.63) is 35.8 Å². The van der Waals surface area contributed by atoms with Crippen LogP contribution in [0.4, 0.5) is 4.39 Å². The number of esters is 1. The molecule has 7 heteroatoms. The van der Waals surface area contributed by atoms with Gasteiger partial charge in [0.1, 0.15) is 5.82 Å². The van der Waals surface area contributed by atoms with Crippen LogP contribution in [0.3, 0.4) is 0 Å². The van der Waals surface area contributed by atoms with E-state index in [1.807, 2.05) is 0 Å². The number of rotatable bonds is 7. The van der Waals surface area contributed by atoms with Gasteiger partial charge in [-0.15, -0.1) is 0 Å². The van der Waals surface area contributed by atoms with E-state index < -0.39 is 0 Å². The van der Waals surface area contributed by atoms with Crippen LogP contribution in [0.5, 0.6) is 0 Å². The molecule has 26 heavy (non-hydrogen) atoms. The molecule has 1 saturated heterocycles. The molecule has 0 spiro atoms. The van der Waals surface area contributed by atoms with Crippen LogP contribution in [0.25, 0.3) is 10.9 Å². The van der Waals surface area contributed by atoms with Gasteiger partial charge in [-0.3, -0.25) is 9.59 Å². The van der Waals surface area contributed by atoms with E-state index in [2.05, 4.69) is 9.72 Å². The average Bonchev–Trinajstić information content (AvgIpc) is 3.28. The molecule has 0 radical (unpaired) electrons. The number of carbonyl (C=O) groups excluding carboxylic acids is 2. The summed E-state index contributed by atoms with van der Waals surface area (Å²) in [5.41, 5.74) is 1.47. The maximum Gasteiger partial charge on any atom is 0.307 e. The summed E-state index contributed by atoms with van der Waals surface area (Å²) in [7, 11) is 1.33. The lowest BCUT2D eigenvalue weighted by atomic mass is 10.1. The van der Waals surface area contributed by atoms with Crippen LogP contribution < -0.4 is 0 Å². The summed E-state index contributed by atoms with van der Waals surface area (Å²) >= 11 is 0. The van der Waals surface area contributed by atoms with Crippen LogP contribution in [-0.2, 0) is 25.5 Å². The van der Waals surface area contributed by atoms with Gasteiger partial charge in [-0.25, -0.2) is 4.39 Å². The van der Waals surface area contributed by atoms with E-state index in [0.29, 0.717) is 25.2 Å². The molecule has 140 valence electrons. The van der Waals surface area contributed by atoms with Gasteiger partial charge in [-0.05, 0) is 36.6 Å². The number of hydrogen-bond acceptors (Lipinski definition) is 4. The highest BCUT2D eigenvalue weighted by molar-refractivity contribution is 5.89. The zero-order valence-corrected chi connectivity index (χ0v) is 14.8. The summed E-state index contributed by atoms with van der Waals surface area (Å²) in [5, 5.41) is 0.824. The average molecular weight is 362 g/mol. The second-order valence-electron chi connectivity index (χ2n) is 6.48. The van der Waals surface area contributed by atoms with Crippen molar-refractivity contribution in [3.8, 4) is 0 Å². The third-order valence-corrected chi connectivity index (χ3v) is 4.69. The third-order valence-electron chi connectivity index (χ3n) is 4.69.